The fourth-order valence-electron chi connectivity index (χ4n) is 0.887. The molecule has 0 bridgehead atoms. The van der Waals surface area contributed by atoms with Gasteiger partial charge in [-0.1, -0.05) is 30.3 Å². The van der Waals surface area contributed by atoms with Gasteiger partial charge in [0.2, 0.25) is 0 Å². The van der Waals surface area contributed by atoms with Gasteiger partial charge in [0.25, 0.3) is 5.24 Å². The predicted octanol–water partition coefficient (Wildman–Crippen LogP) is 2.09. The normalized spacial score (nSPS) is 12.2. The molecule has 1 aromatic rings. The number of amides is 1. The Balaban J connectivity index is 2.59. The van der Waals surface area contributed by atoms with E-state index in [1.165, 1.54) is 4.90 Å². The number of hydrogen-bond donors (Lipinski definition) is 1. The zero-order valence-corrected chi connectivity index (χ0v) is 8.99. The quantitative estimate of drug-likeness (QED) is 0.761. The molecule has 1 unspecified atom stereocenters. The molecule has 1 rings (SSSR count). The van der Waals surface area contributed by atoms with Crippen LogP contribution in [0.15, 0.2) is 30.3 Å². The highest BCUT2D eigenvalue weighted by molar-refractivity contribution is 8.13. The number of thioether (sulfide) groups is 1. The van der Waals surface area contributed by atoms with Crippen LogP contribution in [0.4, 0.5) is 4.79 Å². The maximum absolute atomic E-state index is 11.3. The summed E-state index contributed by atoms with van der Waals surface area (Å²) in [4.78, 5) is 12.7. The summed E-state index contributed by atoms with van der Waals surface area (Å²) in [6.45, 7) is 0. The second kappa shape index (κ2) is 5.02. The third kappa shape index (κ3) is 3.05. The number of hydrogen-bond acceptors (Lipinski definition) is 3. The van der Waals surface area contributed by atoms with E-state index in [0.29, 0.717) is 0 Å². The van der Waals surface area contributed by atoms with Gasteiger partial charge in [-0.2, -0.15) is 0 Å². The van der Waals surface area contributed by atoms with Crippen molar-refractivity contribution in [3.63, 3.8) is 0 Å². The van der Waals surface area contributed by atoms with Gasteiger partial charge in [0.05, 0.1) is 0 Å². The molecule has 0 spiro atoms. The molecule has 0 aliphatic heterocycles. The fourth-order valence-corrected chi connectivity index (χ4v) is 1.58. The minimum atomic E-state index is -0.786. The van der Waals surface area contributed by atoms with Crippen LogP contribution >= 0.6 is 11.8 Å². The van der Waals surface area contributed by atoms with Crippen LogP contribution in [0.3, 0.4) is 0 Å². The van der Waals surface area contributed by atoms with Crippen LogP contribution < -0.4 is 0 Å². The Morgan fingerprint density at radius 2 is 1.93 bits per heavy atom. The lowest BCUT2D eigenvalue weighted by Crippen LogP contribution is -2.17. The molecule has 1 aromatic carbocycles. The van der Waals surface area contributed by atoms with Gasteiger partial charge in [0, 0.05) is 14.1 Å². The second-order valence-electron chi connectivity index (χ2n) is 3.04. The van der Waals surface area contributed by atoms with Crippen molar-refractivity contribution in [3.05, 3.63) is 35.9 Å². The SMILES string of the molecule is CN(C)C(=O)SC(O)c1ccccc1. The van der Waals surface area contributed by atoms with Gasteiger partial charge in [0.15, 0.2) is 0 Å². The van der Waals surface area contributed by atoms with Crippen molar-refractivity contribution >= 4 is 17.0 Å². The fraction of sp³-hybridized carbons (Fsp3) is 0.300. The highest BCUT2D eigenvalue weighted by atomic mass is 32.2. The van der Waals surface area contributed by atoms with E-state index in [0.717, 1.165) is 17.3 Å². The Hall–Kier alpha value is -1.00. The van der Waals surface area contributed by atoms with Crippen molar-refractivity contribution in [2.45, 2.75) is 5.44 Å². The smallest absolute Gasteiger partial charge is 0.283 e. The number of nitrogens with zero attached hydrogens (tertiary/aromatic N) is 1. The van der Waals surface area contributed by atoms with Crippen LogP contribution in [0.1, 0.15) is 11.0 Å². The average Bonchev–Trinajstić information content (AvgIpc) is 2.19. The van der Waals surface area contributed by atoms with Crippen LogP contribution in [0.25, 0.3) is 0 Å². The summed E-state index contributed by atoms with van der Waals surface area (Å²) in [6, 6.07) is 9.12. The van der Waals surface area contributed by atoms with Gasteiger partial charge in [-0.3, -0.25) is 4.79 Å². The summed E-state index contributed by atoms with van der Waals surface area (Å²) < 4.78 is 0. The Bertz CT molecular complexity index is 300. The van der Waals surface area contributed by atoms with E-state index in [4.69, 9.17) is 0 Å². The molecule has 0 saturated heterocycles. The molecule has 1 atom stereocenters. The van der Waals surface area contributed by atoms with Crippen molar-refractivity contribution in [3.8, 4) is 0 Å². The molecule has 0 radical (unpaired) electrons. The van der Waals surface area contributed by atoms with Gasteiger partial charge in [-0.15, -0.1) is 0 Å². The molecule has 76 valence electrons. The van der Waals surface area contributed by atoms with Crippen LogP contribution in [-0.4, -0.2) is 29.3 Å². The molecule has 3 nitrogen and oxygen atoms in total. The molecule has 14 heavy (non-hydrogen) atoms. The van der Waals surface area contributed by atoms with E-state index in [-0.39, 0.29) is 5.24 Å². The van der Waals surface area contributed by atoms with Crippen molar-refractivity contribution < 1.29 is 9.90 Å². The highest BCUT2D eigenvalue weighted by Crippen LogP contribution is 2.26. The van der Waals surface area contributed by atoms with E-state index in [9.17, 15) is 9.90 Å². The Kier molecular flexibility index (Phi) is 3.98. The summed E-state index contributed by atoms with van der Waals surface area (Å²) in [5.41, 5.74) is -0.0428. The first-order valence-electron chi connectivity index (χ1n) is 4.22. The number of rotatable bonds is 2. The minimum Gasteiger partial charge on any atom is -0.377 e. The van der Waals surface area contributed by atoms with Crippen molar-refractivity contribution in [2.24, 2.45) is 0 Å². The first-order valence-corrected chi connectivity index (χ1v) is 5.10. The predicted molar refractivity (Wildman–Crippen MR) is 58.1 cm³/mol. The summed E-state index contributed by atoms with van der Waals surface area (Å²) >= 11 is 0.903. The molecule has 0 saturated carbocycles. The molecular weight excluding hydrogens is 198 g/mol. The van der Waals surface area contributed by atoms with Crippen molar-refractivity contribution in [1.82, 2.24) is 4.90 Å². The lowest BCUT2D eigenvalue weighted by molar-refractivity contribution is 0.237. The average molecular weight is 211 g/mol. The van der Waals surface area contributed by atoms with E-state index in [1.54, 1.807) is 26.2 Å². The number of benzene rings is 1. The van der Waals surface area contributed by atoms with Gasteiger partial charge in [-0.25, -0.2) is 0 Å². The lowest BCUT2D eigenvalue weighted by atomic mass is 10.2. The zero-order valence-electron chi connectivity index (χ0n) is 8.18. The summed E-state index contributed by atoms with van der Waals surface area (Å²) in [7, 11) is 3.32. The maximum atomic E-state index is 11.3. The molecule has 0 aliphatic carbocycles. The number of aliphatic hydroxyl groups excluding tert-OH is 1. The number of aliphatic hydroxyl groups is 1. The molecule has 0 aromatic heterocycles. The summed E-state index contributed by atoms with van der Waals surface area (Å²) in [5, 5.41) is 9.50. The molecule has 1 N–H and O–H groups in total. The highest BCUT2D eigenvalue weighted by Gasteiger charge is 2.14. The monoisotopic (exact) mass is 211 g/mol. The third-order valence-corrected chi connectivity index (χ3v) is 2.72. The topological polar surface area (TPSA) is 40.5 Å². The molecule has 0 aliphatic rings. The Morgan fingerprint density at radius 1 is 1.36 bits per heavy atom. The Morgan fingerprint density at radius 3 is 2.43 bits per heavy atom. The van der Waals surface area contributed by atoms with Crippen LogP contribution in [0.2, 0.25) is 0 Å². The van der Waals surface area contributed by atoms with Crippen molar-refractivity contribution in [2.75, 3.05) is 14.1 Å². The third-order valence-electron chi connectivity index (χ3n) is 1.66. The molecule has 0 fully saturated rings. The molecule has 4 heteroatoms. The zero-order chi connectivity index (χ0) is 10.6. The van der Waals surface area contributed by atoms with Gasteiger partial charge >= 0.3 is 0 Å². The number of carbonyl (C=O) groups excluding carboxylic acids is 1. The van der Waals surface area contributed by atoms with E-state index in [2.05, 4.69) is 0 Å². The van der Waals surface area contributed by atoms with E-state index >= 15 is 0 Å². The van der Waals surface area contributed by atoms with E-state index < -0.39 is 5.44 Å². The van der Waals surface area contributed by atoms with Gasteiger partial charge < -0.3 is 10.0 Å². The standard InChI is InChI=1S/C10H13NO2S/c1-11(2)10(13)14-9(12)8-6-4-3-5-7-8/h3-7,9,12H,1-2H3. The van der Waals surface area contributed by atoms with Crippen LogP contribution in [0, 0.1) is 0 Å². The van der Waals surface area contributed by atoms with E-state index in [1.807, 2.05) is 18.2 Å². The largest absolute Gasteiger partial charge is 0.377 e. The Labute approximate surface area is 87.7 Å². The molecular formula is C10H13NO2S. The second-order valence-corrected chi connectivity index (χ2v) is 4.07. The summed E-state index contributed by atoms with van der Waals surface area (Å²) in [6.07, 6.45) is 0. The number of carbonyl (C=O) groups is 1. The minimum absolute atomic E-state index is 0.152. The van der Waals surface area contributed by atoms with Gasteiger partial charge in [-0.05, 0) is 17.3 Å². The lowest BCUT2D eigenvalue weighted by Gasteiger charge is -2.13. The maximum Gasteiger partial charge on any atom is 0.283 e. The van der Waals surface area contributed by atoms with Crippen molar-refractivity contribution in [1.29, 1.82) is 0 Å². The molecule has 1 amide bonds. The van der Waals surface area contributed by atoms with Crippen LogP contribution in [0.5, 0.6) is 0 Å². The molecule has 0 heterocycles. The van der Waals surface area contributed by atoms with Gasteiger partial charge in [0.1, 0.15) is 5.44 Å². The summed E-state index contributed by atoms with van der Waals surface area (Å²) in [5.74, 6) is 0. The first-order chi connectivity index (χ1) is 6.61. The van der Waals surface area contributed by atoms with Crippen LogP contribution in [-0.2, 0) is 0 Å². The first kappa shape index (κ1) is 11.1.